The highest BCUT2D eigenvalue weighted by atomic mass is 32.2. The van der Waals surface area contributed by atoms with Crippen LogP contribution in [0.1, 0.15) is 12.0 Å². The topological polar surface area (TPSA) is 114 Å². The average Bonchev–Trinajstić information content (AvgIpc) is 2.67. The predicted molar refractivity (Wildman–Crippen MR) is 105 cm³/mol. The quantitative estimate of drug-likeness (QED) is 0.516. The van der Waals surface area contributed by atoms with Crippen LogP contribution in [-0.4, -0.2) is 46.3 Å². The summed E-state index contributed by atoms with van der Waals surface area (Å²) in [5.74, 6) is 0.729. The third-order valence-electron chi connectivity index (χ3n) is 3.81. The van der Waals surface area contributed by atoms with Gasteiger partial charge in [0.2, 0.25) is 0 Å². The molecule has 0 saturated carbocycles. The number of ether oxygens (including phenoxy) is 2. The standard InChI is InChI=1S/C19H24N2O6S/c1-14-12-17(8-9-18(14)27-13-19(23)20-10-3-11-22)28(24,25)21-15-4-6-16(26-2)7-5-15/h4-9,12,21-22H,3,10-11,13H2,1-2H3,(H,20,23). The van der Waals surface area contributed by atoms with Crippen LogP contribution in [0.4, 0.5) is 5.69 Å². The first kappa shape index (κ1) is 21.5. The Bertz CT molecular complexity index is 897. The van der Waals surface area contributed by atoms with Crippen LogP contribution in [0.15, 0.2) is 47.4 Å². The number of aliphatic hydroxyl groups excluding tert-OH is 1. The summed E-state index contributed by atoms with van der Waals surface area (Å²) in [6, 6.07) is 10.9. The molecule has 28 heavy (non-hydrogen) atoms. The number of benzene rings is 2. The fraction of sp³-hybridized carbons (Fsp3) is 0.316. The van der Waals surface area contributed by atoms with Crippen molar-refractivity contribution >= 4 is 21.6 Å². The van der Waals surface area contributed by atoms with E-state index in [-0.39, 0.29) is 24.0 Å². The van der Waals surface area contributed by atoms with E-state index in [0.717, 1.165) is 0 Å². The van der Waals surface area contributed by atoms with Crippen LogP contribution in [0.5, 0.6) is 11.5 Å². The SMILES string of the molecule is COc1ccc(NS(=O)(=O)c2ccc(OCC(=O)NCCCO)c(C)c2)cc1. The Hall–Kier alpha value is -2.78. The summed E-state index contributed by atoms with van der Waals surface area (Å²) in [6.07, 6.45) is 0.471. The van der Waals surface area contributed by atoms with Gasteiger partial charge in [0.05, 0.1) is 12.0 Å². The van der Waals surface area contributed by atoms with E-state index in [1.165, 1.54) is 25.3 Å². The van der Waals surface area contributed by atoms with E-state index in [1.54, 1.807) is 31.2 Å². The summed E-state index contributed by atoms with van der Waals surface area (Å²) in [4.78, 5) is 11.7. The number of aliphatic hydroxyl groups is 1. The van der Waals surface area contributed by atoms with Gasteiger partial charge in [0.15, 0.2) is 6.61 Å². The third kappa shape index (κ3) is 6.14. The number of rotatable bonds is 10. The summed E-state index contributed by atoms with van der Waals surface area (Å²) >= 11 is 0. The minimum absolute atomic E-state index is 0.000737. The molecule has 0 unspecified atom stereocenters. The van der Waals surface area contributed by atoms with Gasteiger partial charge >= 0.3 is 0 Å². The summed E-state index contributed by atoms with van der Waals surface area (Å²) in [5, 5.41) is 11.3. The molecule has 0 atom stereocenters. The van der Waals surface area contributed by atoms with Crippen molar-refractivity contribution in [1.82, 2.24) is 5.32 Å². The monoisotopic (exact) mass is 408 g/mol. The number of hydrogen-bond donors (Lipinski definition) is 3. The molecule has 0 bridgehead atoms. The van der Waals surface area contributed by atoms with Crippen molar-refractivity contribution in [1.29, 1.82) is 0 Å². The molecule has 0 radical (unpaired) electrons. The number of sulfonamides is 1. The van der Waals surface area contributed by atoms with Crippen LogP contribution in [-0.2, 0) is 14.8 Å². The number of hydrogen-bond acceptors (Lipinski definition) is 6. The molecule has 0 fully saturated rings. The van der Waals surface area contributed by atoms with E-state index in [9.17, 15) is 13.2 Å². The lowest BCUT2D eigenvalue weighted by atomic mass is 10.2. The second kappa shape index (κ2) is 9.95. The van der Waals surface area contributed by atoms with Gasteiger partial charge in [0, 0.05) is 18.8 Å². The van der Waals surface area contributed by atoms with Crippen LogP contribution in [0, 0.1) is 6.92 Å². The molecule has 9 heteroatoms. The van der Waals surface area contributed by atoms with E-state index in [2.05, 4.69) is 10.0 Å². The van der Waals surface area contributed by atoms with Gasteiger partial charge in [0.25, 0.3) is 15.9 Å². The Labute approximate surface area is 164 Å². The molecule has 2 aromatic rings. The molecule has 2 aromatic carbocycles. The molecular formula is C19H24N2O6S. The number of aryl methyl sites for hydroxylation is 1. The van der Waals surface area contributed by atoms with E-state index in [1.807, 2.05) is 0 Å². The first-order valence-corrected chi connectivity index (χ1v) is 10.1. The van der Waals surface area contributed by atoms with Crippen molar-refractivity contribution in [2.45, 2.75) is 18.2 Å². The summed E-state index contributed by atoms with van der Waals surface area (Å²) in [7, 11) is -2.24. The van der Waals surface area contributed by atoms with Gasteiger partial charge in [-0.2, -0.15) is 0 Å². The first-order valence-electron chi connectivity index (χ1n) is 8.63. The van der Waals surface area contributed by atoms with Crippen LogP contribution < -0.4 is 19.5 Å². The Morgan fingerprint density at radius 3 is 2.46 bits per heavy atom. The van der Waals surface area contributed by atoms with Crippen LogP contribution in [0.25, 0.3) is 0 Å². The highest BCUT2D eigenvalue weighted by molar-refractivity contribution is 7.92. The molecule has 3 N–H and O–H groups in total. The van der Waals surface area contributed by atoms with Crippen LogP contribution >= 0.6 is 0 Å². The van der Waals surface area contributed by atoms with E-state index >= 15 is 0 Å². The smallest absolute Gasteiger partial charge is 0.261 e. The molecule has 0 spiro atoms. The molecule has 152 valence electrons. The van der Waals surface area contributed by atoms with Gasteiger partial charge in [-0.1, -0.05) is 0 Å². The van der Waals surface area contributed by atoms with E-state index in [0.29, 0.717) is 35.7 Å². The molecular weight excluding hydrogens is 384 g/mol. The zero-order valence-corrected chi connectivity index (χ0v) is 16.6. The van der Waals surface area contributed by atoms with E-state index < -0.39 is 10.0 Å². The Morgan fingerprint density at radius 2 is 1.86 bits per heavy atom. The number of anilines is 1. The molecule has 2 rings (SSSR count). The van der Waals surface area contributed by atoms with Crippen molar-refractivity contribution in [3.05, 3.63) is 48.0 Å². The maximum Gasteiger partial charge on any atom is 0.261 e. The molecule has 1 amide bonds. The fourth-order valence-electron chi connectivity index (χ4n) is 2.33. The van der Waals surface area contributed by atoms with E-state index in [4.69, 9.17) is 14.6 Å². The highest BCUT2D eigenvalue weighted by Gasteiger charge is 2.16. The minimum atomic E-state index is -3.77. The van der Waals surface area contributed by atoms with Gasteiger partial charge in [0.1, 0.15) is 11.5 Å². The fourth-order valence-corrected chi connectivity index (χ4v) is 3.47. The lowest BCUT2D eigenvalue weighted by molar-refractivity contribution is -0.123. The number of carbonyl (C=O) groups excluding carboxylic acids is 1. The Balaban J connectivity index is 2.02. The van der Waals surface area contributed by atoms with Crippen molar-refractivity contribution < 1.29 is 27.8 Å². The summed E-state index contributed by atoms with van der Waals surface area (Å²) < 4.78 is 38.1. The Morgan fingerprint density at radius 1 is 1.14 bits per heavy atom. The van der Waals surface area contributed by atoms with Gasteiger partial charge in [-0.25, -0.2) is 8.42 Å². The summed E-state index contributed by atoms with van der Waals surface area (Å²) in [5.41, 5.74) is 0.999. The number of amides is 1. The number of carbonyl (C=O) groups is 1. The molecule has 0 heterocycles. The third-order valence-corrected chi connectivity index (χ3v) is 5.19. The van der Waals surface area contributed by atoms with Crippen molar-refractivity contribution in [3.63, 3.8) is 0 Å². The second-order valence-corrected chi connectivity index (χ2v) is 7.66. The Kier molecular flexibility index (Phi) is 7.65. The predicted octanol–water partition coefficient (Wildman–Crippen LogP) is 1.68. The highest BCUT2D eigenvalue weighted by Crippen LogP contribution is 2.24. The number of nitrogens with one attached hydrogen (secondary N) is 2. The van der Waals surface area contributed by atoms with Crippen LogP contribution in [0.2, 0.25) is 0 Å². The molecule has 8 nitrogen and oxygen atoms in total. The number of methoxy groups -OCH3 is 1. The lowest BCUT2D eigenvalue weighted by Crippen LogP contribution is -2.30. The zero-order chi connectivity index (χ0) is 20.6. The first-order chi connectivity index (χ1) is 13.4. The summed E-state index contributed by atoms with van der Waals surface area (Å²) in [6.45, 7) is 1.88. The van der Waals surface area contributed by atoms with Crippen molar-refractivity contribution in [3.8, 4) is 11.5 Å². The molecule has 0 aromatic heterocycles. The van der Waals surface area contributed by atoms with Crippen molar-refractivity contribution in [2.75, 3.05) is 31.6 Å². The maximum absolute atomic E-state index is 12.6. The second-order valence-electron chi connectivity index (χ2n) is 5.98. The minimum Gasteiger partial charge on any atom is -0.497 e. The largest absolute Gasteiger partial charge is 0.497 e. The molecule has 0 aliphatic rings. The van der Waals surface area contributed by atoms with Crippen molar-refractivity contribution in [2.24, 2.45) is 0 Å². The van der Waals surface area contributed by atoms with Crippen LogP contribution in [0.3, 0.4) is 0 Å². The lowest BCUT2D eigenvalue weighted by Gasteiger charge is -2.12. The maximum atomic E-state index is 12.6. The van der Waals surface area contributed by atoms with Gasteiger partial charge < -0.3 is 19.9 Å². The molecule has 0 aliphatic heterocycles. The normalized spacial score (nSPS) is 11.0. The zero-order valence-electron chi connectivity index (χ0n) is 15.8. The van der Waals surface area contributed by atoms with Gasteiger partial charge in [-0.05, 0) is 61.4 Å². The average molecular weight is 408 g/mol. The van der Waals surface area contributed by atoms with Gasteiger partial charge in [-0.3, -0.25) is 9.52 Å². The molecule has 0 saturated heterocycles. The molecule has 0 aliphatic carbocycles. The van der Waals surface area contributed by atoms with Gasteiger partial charge in [-0.15, -0.1) is 0 Å².